The Balaban J connectivity index is 1.47. The summed E-state index contributed by atoms with van der Waals surface area (Å²) < 4.78 is 3.40. The summed E-state index contributed by atoms with van der Waals surface area (Å²) in [6.45, 7) is 11.0. The highest BCUT2D eigenvalue weighted by atomic mass is 79.9. The van der Waals surface area contributed by atoms with E-state index in [1.54, 1.807) is 0 Å². The molecule has 0 spiro atoms. The molecule has 0 aliphatic carbocycles. The smallest absolute Gasteiger partial charge is 0.139 e. The zero-order valence-electron chi connectivity index (χ0n) is 20.2. The Hall–Kier alpha value is -1.96. The molecule has 5 heterocycles. The number of piperazine rings is 1. The van der Waals surface area contributed by atoms with Crippen molar-refractivity contribution in [3.05, 3.63) is 58.1 Å². The molecule has 0 N–H and O–H groups in total. The predicted molar refractivity (Wildman–Crippen MR) is 138 cm³/mol. The van der Waals surface area contributed by atoms with E-state index in [1.165, 1.54) is 23.5 Å². The first-order valence-corrected chi connectivity index (χ1v) is 13.0. The number of hydrogen-bond acceptors (Lipinski definition) is 5. The maximum absolute atomic E-state index is 5.15. The molecule has 176 valence electrons. The Morgan fingerprint density at radius 2 is 1.70 bits per heavy atom. The Kier molecular flexibility index (Phi) is 6.47. The van der Waals surface area contributed by atoms with Crippen LogP contribution < -0.4 is 4.90 Å². The highest BCUT2D eigenvalue weighted by Crippen LogP contribution is 2.43. The van der Waals surface area contributed by atoms with Gasteiger partial charge in [-0.1, -0.05) is 12.1 Å². The van der Waals surface area contributed by atoms with E-state index in [-0.39, 0.29) is 6.04 Å². The second kappa shape index (κ2) is 9.35. The molecule has 33 heavy (non-hydrogen) atoms. The average molecular weight is 512 g/mol. The molecule has 0 radical (unpaired) electrons. The van der Waals surface area contributed by atoms with Gasteiger partial charge in [0.15, 0.2) is 0 Å². The van der Waals surface area contributed by atoms with Crippen LogP contribution in [0.4, 0.5) is 5.82 Å². The number of aryl methyl sites for hydroxylation is 1. The van der Waals surface area contributed by atoms with Crippen LogP contribution >= 0.6 is 15.9 Å². The molecule has 2 aliphatic heterocycles. The van der Waals surface area contributed by atoms with Gasteiger partial charge in [-0.25, -0.2) is 4.98 Å². The van der Waals surface area contributed by atoms with Gasteiger partial charge in [-0.3, -0.25) is 19.2 Å². The summed E-state index contributed by atoms with van der Waals surface area (Å²) in [6, 6.07) is 11.9. The lowest BCUT2D eigenvalue weighted by Crippen LogP contribution is -2.49. The minimum absolute atomic E-state index is 0.269. The van der Waals surface area contributed by atoms with Gasteiger partial charge in [-0.2, -0.15) is 0 Å². The van der Waals surface area contributed by atoms with Crippen molar-refractivity contribution in [3.8, 4) is 0 Å². The molecule has 2 atom stereocenters. The molecule has 7 heteroatoms. The fourth-order valence-electron chi connectivity index (χ4n) is 5.62. The Bertz CT molecular complexity index is 1120. The van der Waals surface area contributed by atoms with Gasteiger partial charge in [-0.05, 0) is 86.8 Å². The molecule has 3 aromatic heterocycles. The van der Waals surface area contributed by atoms with E-state index < -0.39 is 0 Å². The van der Waals surface area contributed by atoms with Crippen LogP contribution in [-0.4, -0.2) is 63.4 Å². The minimum Gasteiger partial charge on any atom is -0.355 e. The SMILES string of the molecule is Cc1cccnc1[C@@H]1CCC[C@H](c2nc3cccc(N4CCN(C(C)C)CC4)n3c2Br)N1C. The largest absolute Gasteiger partial charge is 0.355 e. The number of anilines is 1. The number of fused-ring (bicyclic) bond motifs is 1. The van der Waals surface area contributed by atoms with E-state index in [0.29, 0.717) is 12.1 Å². The first-order chi connectivity index (χ1) is 16.0. The van der Waals surface area contributed by atoms with E-state index in [4.69, 9.17) is 9.97 Å². The summed E-state index contributed by atoms with van der Waals surface area (Å²) in [4.78, 5) is 17.5. The standard InChI is InChI=1S/C26H35BrN6/c1-18(2)31-14-16-32(17-15-31)23-12-6-11-22-29-25(26(27)33(22)23)21-10-5-9-20(30(21)4)24-19(3)8-7-13-28-24/h6-8,11-13,18,20-21H,5,9-10,14-17H2,1-4H3/t20-,21+/m0/s1. The van der Waals surface area contributed by atoms with Crippen molar-refractivity contribution in [3.63, 3.8) is 0 Å². The quantitative estimate of drug-likeness (QED) is 0.480. The van der Waals surface area contributed by atoms with Crippen LogP contribution in [0.2, 0.25) is 0 Å². The summed E-state index contributed by atoms with van der Waals surface area (Å²) in [6.07, 6.45) is 5.36. The van der Waals surface area contributed by atoms with E-state index in [0.717, 1.165) is 55.0 Å². The van der Waals surface area contributed by atoms with Crippen molar-refractivity contribution in [2.45, 2.75) is 58.2 Å². The van der Waals surface area contributed by atoms with Gasteiger partial charge in [0, 0.05) is 38.4 Å². The number of pyridine rings is 2. The maximum Gasteiger partial charge on any atom is 0.139 e. The number of rotatable bonds is 4. The van der Waals surface area contributed by atoms with Crippen LogP contribution in [0, 0.1) is 6.92 Å². The highest BCUT2D eigenvalue weighted by molar-refractivity contribution is 9.10. The second-order valence-corrected chi connectivity index (χ2v) is 10.6. The second-order valence-electron chi connectivity index (χ2n) is 9.82. The fraction of sp³-hybridized carbons (Fsp3) is 0.538. The van der Waals surface area contributed by atoms with Crippen LogP contribution in [0.3, 0.4) is 0 Å². The van der Waals surface area contributed by atoms with Gasteiger partial charge < -0.3 is 4.90 Å². The van der Waals surface area contributed by atoms with Crippen molar-refractivity contribution in [2.24, 2.45) is 0 Å². The first kappa shape index (κ1) is 22.8. The normalized spacial score (nSPS) is 23.0. The van der Waals surface area contributed by atoms with E-state index >= 15 is 0 Å². The lowest BCUT2D eigenvalue weighted by atomic mass is 9.91. The summed E-state index contributed by atoms with van der Waals surface area (Å²) >= 11 is 3.98. The molecular formula is C26H35BrN6. The van der Waals surface area contributed by atoms with E-state index in [2.05, 4.69) is 87.1 Å². The van der Waals surface area contributed by atoms with Crippen molar-refractivity contribution < 1.29 is 0 Å². The molecule has 5 rings (SSSR count). The van der Waals surface area contributed by atoms with E-state index in [9.17, 15) is 0 Å². The molecule has 6 nitrogen and oxygen atoms in total. The van der Waals surface area contributed by atoms with Crippen molar-refractivity contribution in [2.75, 3.05) is 38.1 Å². The predicted octanol–water partition coefficient (Wildman–Crippen LogP) is 5.23. The summed E-state index contributed by atoms with van der Waals surface area (Å²) in [5.74, 6) is 1.23. The number of nitrogens with zero attached hydrogens (tertiary/aromatic N) is 6. The van der Waals surface area contributed by atoms with Crippen LogP contribution in [0.5, 0.6) is 0 Å². The van der Waals surface area contributed by atoms with Crippen LogP contribution in [0.1, 0.15) is 62.1 Å². The maximum atomic E-state index is 5.15. The molecule has 0 aromatic carbocycles. The molecule has 2 fully saturated rings. The van der Waals surface area contributed by atoms with Gasteiger partial charge >= 0.3 is 0 Å². The number of imidazole rings is 1. The number of aromatic nitrogens is 3. The van der Waals surface area contributed by atoms with Crippen LogP contribution in [0.15, 0.2) is 41.1 Å². The Morgan fingerprint density at radius 3 is 2.39 bits per heavy atom. The average Bonchev–Trinajstić information content (AvgIpc) is 3.16. The van der Waals surface area contributed by atoms with Crippen molar-refractivity contribution in [1.82, 2.24) is 24.2 Å². The topological polar surface area (TPSA) is 39.9 Å². The summed E-state index contributed by atoms with van der Waals surface area (Å²) in [5.41, 5.74) is 4.63. The molecule has 2 saturated heterocycles. The third-order valence-electron chi connectivity index (χ3n) is 7.58. The number of piperidine rings is 1. The zero-order valence-corrected chi connectivity index (χ0v) is 21.8. The highest BCUT2D eigenvalue weighted by Gasteiger charge is 2.34. The number of likely N-dealkylation sites (tertiary alicyclic amines) is 1. The van der Waals surface area contributed by atoms with Gasteiger partial charge in [0.05, 0.1) is 23.5 Å². The molecule has 0 amide bonds. The molecule has 0 unspecified atom stereocenters. The zero-order chi connectivity index (χ0) is 23.1. The lowest BCUT2D eigenvalue weighted by molar-refractivity contribution is 0.109. The van der Waals surface area contributed by atoms with Crippen LogP contribution in [-0.2, 0) is 0 Å². The molecular weight excluding hydrogens is 476 g/mol. The summed E-state index contributed by atoms with van der Waals surface area (Å²) in [7, 11) is 2.24. The number of hydrogen-bond donors (Lipinski definition) is 0. The third kappa shape index (κ3) is 4.19. The summed E-state index contributed by atoms with van der Waals surface area (Å²) in [5, 5.41) is 0. The Morgan fingerprint density at radius 1 is 0.970 bits per heavy atom. The van der Waals surface area contributed by atoms with E-state index in [1.807, 2.05) is 12.3 Å². The van der Waals surface area contributed by atoms with Gasteiger partial charge in [0.25, 0.3) is 0 Å². The van der Waals surface area contributed by atoms with Gasteiger partial charge in [0.2, 0.25) is 0 Å². The molecule has 2 aliphatic rings. The Labute approximate surface area is 205 Å². The minimum atomic E-state index is 0.269. The van der Waals surface area contributed by atoms with Crippen LogP contribution in [0.25, 0.3) is 5.65 Å². The fourth-order valence-corrected chi connectivity index (χ4v) is 6.34. The molecule has 3 aromatic rings. The lowest BCUT2D eigenvalue weighted by Gasteiger charge is -2.39. The molecule has 0 bridgehead atoms. The van der Waals surface area contributed by atoms with Crippen molar-refractivity contribution >= 4 is 27.4 Å². The number of halogens is 1. The monoisotopic (exact) mass is 510 g/mol. The first-order valence-electron chi connectivity index (χ1n) is 12.2. The van der Waals surface area contributed by atoms with Gasteiger partial charge in [0.1, 0.15) is 16.1 Å². The molecule has 0 saturated carbocycles. The third-order valence-corrected chi connectivity index (χ3v) is 8.34. The van der Waals surface area contributed by atoms with Gasteiger partial charge in [-0.15, -0.1) is 0 Å². The van der Waals surface area contributed by atoms with Crippen molar-refractivity contribution in [1.29, 1.82) is 0 Å².